The van der Waals surface area contributed by atoms with Crippen molar-refractivity contribution in [1.82, 2.24) is 20.2 Å². The molecule has 0 atom stereocenters. The van der Waals surface area contributed by atoms with Crippen LogP contribution in [0.3, 0.4) is 0 Å². The maximum atomic E-state index is 12.4. The molecule has 9 heteroatoms. The Morgan fingerprint density at radius 2 is 1.43 bits per heavy atom. The van der Waals surface area contributed by atoms with Gasteiger partial charge < -0.3 is 14.6 Å². The van der Waals surface area contributed by atoms with Gasteiger partial charge in [-0.15, -0.1) is 5.10 Å². The summed E-state index contributed by atoms with van der Waals surface area (Å²) in [5.74, 6) is 0.538. The van der Waals surface area contributed by atoms with Crippen LogP contribution in [0.15, 0.2) is 88.9 Å². The summed E-state index contributed by atoms with van der Waals surface area (Å²) in [6.07, 6.45) is 15.6. The molecule has 1 aromatic heterocycles. The molecule has 0 unspecified atom stereocenters. The van der Waals surface area contributed by atoms with E-state index in [2.05, 4.69) is 22.4 Å². The van der Waals surface area contributed by atoms with Crippen LogP contribution >= 0.6 is 11.8 Å². The highest BCUT2D eigenvalue weighted by Crippen LogP contribution is 2.45. The third-order valence-electron chi connectivity index (χ3n) is 8.65. The molecule has 1 N–H and O–H groups in total. The van der Waals surface area contributed by atoms with Crippen molar-refractivity contribution in [2.75, 3.05) is 13.2 Å². The van der Waals surface area contributed by atoms with E-state index in [-0.39, 0.29) is 5.75 Å². The van der Waals surface area contributed by atoms with E-state index in [0.29, 0.717) is 35.2 Å². The Labute approximate surface area is 294 Å². The van der Waals surface area contributed by atoms with Gasteiger partial charge in [-0.3, -0.25) is 0 Å². The van der Waals surface area contributed by atoms with Crippen molar-refractivity contribution in [3.63, 3.8) is 0 Å². The SMILES string of the molecule is CCCCCCCCCCCCCCOc1ccccc1-c1cc(Sc2nnnn2-c2cccc(C(=O)OCC)c2)c2ccccc2c1O. The molecule has 0 aliphatic heterocycles. The Bertz CT molecular complexity index is 1790. The monoisotopic (exact) mass is 680 g/mol. The number of carbonyl (C=O) groups is 1. The first-order chi connectivity index (χ1) is 24.1. The highest BCUT2D eigenvalue weighted by molar-refractivity contribution is 7.99. The number of aromatic hydroxyl groups is 1. The van der Waals surface area contributed by atoms with E-state index in [1.165, 1.54) is 76.0 Å². The molecule has 0 saturated carbocycles. The molecular formula is C40H48N4O4S. The minimum Gasteiger partial charge on any atom is -0.507 e. The number of carbonyl (C=O) groups excluding carboxylic acids is 1. The quantitative estimate of drug-likeness (QED) is 0.0640. The third-order valence-corrected chi connectivity index (χ3v) is 9.65. The molecule has 5 rings (SSSR count). The van der Waals surface area contributed by atoms with E-state index in [4.69, 9.17) is 9.47 Å². The minimum atomic E-state index is -0.402. The van der Waals surface area contributed by atoms with Gasteiger partial charge >= 0.3 is 5.97 Å². The highest BCUT2D eigenvalue weighted by Gasteiger charge is 2.20. The second-order valence-corrected chi connectivity index (χ2v) is 13.3. The van der Waals surface area contributed by atoms with Crippen LogP contribution in [-0.4, -0.2) is 44.5 Å². The number of fused-ring (bicyclic) bond motifs is 1. The van der Waals surface area contributed by atoms with Crippen LogP contribution in [0.4, 0.5) is 0 Å². The second-order valence-electron chi connectivity index (χ2n) is 12.3. The summed E-state index contributed by atoms with van der Waals surface area (Å²) in [7, 11) is 0. The fourth-order valence-corrected chi connectivity index (χ4v) is 7.01. The van der Waals surface area contributed by atoms with Gasteiger partial charge in [0.1, 0.15) is 11.5 Å². The maximum Gasteiger partial charge on any atom is 0.338 e. The molecule has 8 nitrogen and oxygen atoms in total. The van der Waals surface area contributed by atoms with Crippen LogP contribution in [0.2, 0.25) is 0 Å². The first-order valence-corrected chi connectivity index (χ1v) is 18.6. The summed E-state index contributed by atoms with van der Waals surface area (Å²) in [6.45, 7) is 4.96. The van der Waals surface area contributed by atoms with E-state index in [1.807, 2.05) is 60.7 Å². The fourth-order valence-electron chi connectivity index (χ4n) is 6.04. The largest absolute Gasteiger partial charge is 0.507 e. The average molecular weight is 681 g/mol. The number of hydrogen-bond donors (Lipinski definition) is 1. The number of esters is 1. The molecule has 1 heterocycles. The highest BCUT2D eigenvalue weighted by atomic mass is 32.2. The number of tetrazole rings is 1. The van der Waals surface area contributed by atoms with Crippen molar-refractivity contribution in [2.24, 2.45) is 0 Å². The van der Waals surface area contributed by atoms with Gasteiger partial charge in [-0.05, 0) is 71.3 Å². The number of hydrogen-bond acceptors (Lipinski definition) is 8. The minimum absolute atomic E-state index is 0.197. The van der Waals surface area contributed by atoms with Crippen molar-refractivity contribution in [2.45, 2.75) is 101 Å². The van der Waals surface area contributed by atoms with Crippen LogP contribution in [0, 0.1) is 0 Å². The van der Waals surface area contributed by atoms with Gasteiger partial charge in [-0.25, -0.2) is 4.79 Å². The number of rotatable bonds is 20. The summed E-state index contributed by atoms with van der Waals surface area (Å²) in [4.78, 5) is 13.3. The third kappa shape index (κ3) is 9.85. The Hall–Kier alpha value is -4.37. The smallest absolute Gasteiger partial charge is 0.338 e. The van der Waals surface area contributed by atoms with Crippen molar-refractivity contribution in [1.29, 1.82) is 0 Å². The Morgan fingerprint density at radius 1 is 0.755 bits per heavy atom. The summed E-state index contributed by atoms with van der Waals surface area (Å²) in [5, 5.41) is 26.1. The summed E-state index contributed by atoms with van der Waals surface area (Å²) in [6, 6.07) is 24.7. The average Bonchev–Trinajstić information content (AvgIpc) is 3.60. The number of ether oxygens (including phenoxy) is 2. The Balaban J connectivity index is 1.27. The van der Waals surface area contributed by atoms with E-state index in [1.54, 1.807) is 29.8 Å². The van der Waals surface area contributed by atoms with Crippen molar-refractivity contribution in [3.8, 4) is 28.3 Å². The maximum absolute atomic E-state index is 12.4. The molecule has 258 valence electrons. The first-order valence-electron chi connectivity index (χ1n) is 17.8. The van der Waals surface area contributed by atoms with Crippen molar-refractivity contribution >= 4 is 28.5 Å². The lowest BCUT2D eigenvalue weighted by Crippen LogP contribution is -2.06. The molecular weight excluding hydrogens is 633 g/mol. The number of aromatic nitrogens is 4. The van der Waals surface area contributed by atoms with E-state index in [9.17, 15) is 9.90 Å². The zero-order chi connectivity index (χ0) is 34.3. The van der Waals surface area contributed by atoms with Gasteiger partial charge in [0, 0.05) is 21.4 Å². The molecule has 0 aliphatic carbocycles. The van der Waals surface area contributed by atoms with Gasteiger partial charge in [-0.1, -0.05) is 126 Å². The summed E-state index contributed by atoms with van der Waals surface area (Å²) < 4.78 is 13.1. The fraction of sp³-hybridized carbons (Fsp3) is 0.400. The topological polar surface area (TPSA) is 99.4 Å². The molecule has 0 amide bonds. The Morgan fingerprint density at radius 3 is 2.16 bits per heavy atom. The van der Waals surface area contributed by atoms with Gasteiger partial charge in [0.05, 0.1) is 24.5 Å². The Kier molecular flexibility index (Phi) is 13.9. The zero-order valence-electron chi connectivity index (χ0n) is 28.8. The van der Waals surface area contributed by atoms with E-state index >= 15 is 0 Å². The van der Waals surface area contributed by atoms with E-state index in [0.717, 1.165) is 39.8 Å². The normalized spacial score (nSPS) is 11.2. The lowest BCUT2D eigenvalue weighted by atomic mass is 9.99. The molecule has 0 spiro atoms. The molecule has 0 radical (unpaired) electrons. The van der Waals surface area contributed by atoms with Crippen LogP contribution in [0.1, 0.15) is 101 Å². The first kappa shape index (κ1) is 35.9. The van der Waals surface area contributed by atoms with Crippen LogP contribution in [0.5, 0.6) is 11.5 Å². The predicted molar refractivity (Wildman–Crippen MR) is 197 cm³/mol. The molecule has 0 fully saturated rings. The number of unbranched alkanes of at least 4 members (excludes halogenated alkanes) is 11. The van der Waals surface area contributed by atoms with Crippen LogP contribution in [0.25, 0.3) is 27.6 Å². The lowest BCUT2D eigenvalue weighted by Gasteiger charge is -2.16. The van der Waals surface area contributed by atoms with Gasteiger partial charge in [0.2, 0.25) is 5.16 Å². The molecule has 0 aliphatic rings. The molecule has 49 heavy (non-hydrogen) atoms. The van der Waals surface area contributed by atoms with Crippen molar-refractivity contribution in [3.05, 3.63) is 84.4 Å². The standard InChI is InChI=1S/C40H48N4O4S/c1-3-5-6-7-8-9-10-11-12-13-14-19-27-48-36-26-18-17-23-32(36)35-29-37(33-24-15-16-25-34(33)38(35)45)49-40-41-42-43-44(40)31-22-20-21-30(28-31)39(46)47-4-2/h15-18,20-26,28-29,45H,3-14,19,27H2,1-2H3. The predicted octanol–water partition coefficient (Wildman–Crippen LogP) is 10.6. The number of para-hydroxylation sites is 1. The van der Waals surface area contributed by atoms with E-state index < -0.39 is 5.97 Å². The van der Waals surface area contributed by atoms with Crippen LogP contribution in [-0.2, 0) is 4.74 Å². The molecule has 4 aromatic carbocycles. The summed E-state index contributed by atoms with van der Waals surface area (Å²) >= 11 is 1.39. The number of phenolic OH excluding ortho intramolecular Hbond substituents is 1. The zero-order valence-corrected chi connectivity index (χ0v) is 29.6. The summed E-state index contributed by atoms with van der Waals surface area (Å²) in [5.41, 5.74) is 2.56. The van der Waals surface area contributed by atoms with Gasteiger partial charge in [0.25, 0.3) is 0 Å². The van der Waals surface area contributed by atoms with Gasteiger partial charge in [-0.2, -0.15) is 4.68 Å². The van der Waals surface area contributed by atoms with Gasteiger partial charge in [0.15, 0.2) is 0 Å². The van der Waals surface area contributed by atoms with Crippen molar-refractivity contribution < 1.29 is 19.4 Å². The number of nitrogens with zero attached hydrogens (tertiary/aromatic N) is 4. The molecule has 0 bridgehead atoms. The molecule has 5 aromatic rings. The molecule has 0 saturated heterocycles. The number of benzene rings is 4. The number of phenols is 1. The van der Waals surface area contributed by atoms with Crippen LogP contribution < -0.4 is 4.74 Å². The lowest BCUT2D eigenvalue weighted by molar-refractivity contribution is 0.0526. The second kappa shape index (κ2) is 19.0.